The average Bonchev–Trinajstić information content (AvgIpc) is 2.62. The van der Waals surface area contributed by atoms with Gasteiger partial charge >= 0.3 is 11.9 Å². The van der Waals surface area contributed by atoms with Crippen molar-refractivity contribution < 1.29 is 19.4 Å². The number of hydrogen-bond donors (Lipinski definition) is 1. The highest BCUT2D eigenvalue weighted by Crippen LogP contribution is 2.13. The van der Waals surface area contributed by atoms with Gasteiger partial charge in [0.25, 0.3) is 0 Å². The molecule has 5 nitrogen and oxygen atoms in total. The molecule has 0 radical (unpaired) electrons. The van der Waals surface area contributed by atoms with Gasteiger partial charge in [0.2, 0.25) is 0 Å². The fourth-order valence-corrected chi connectivity index (χ4v) is 2.19. The number of rotatable bonds is 7. The molecule has 0 fully saturated rings. The van der Waals surface area contributed by atoms with Crippen molar-refractivity contribution in [2.75, 3.05) is 0 Å². The van der Waals surface area contributed by atoms with Gasteiger partial charge < -0.3 is 9.84 Å². The maximum absolute atomic E-state index is 11.8. The molecule has 134 valence electrons. The Morgan fingerprint density at radius 2 is 1.65 bits per heavy atom. The summed E-state index contributed by atoms with van der Waals surface area (Å²) in [6.45, 7) is 3.61. The van der Waals surface area contributed by atoms with Crippen LogP contribution in [0.1, 0.15) is 25.0 Å². The fourth-order valence-electron chi connectivity index (χ4n) is 2.19. The second-order valence-electron chi connectivity index (χ2n) is 6.04. The summed E-state index contributed by atoms with van der Waals surface area (Å²) in [5, 5.41) is 9.12. The van der Waals surface area contributed by atoms with Crippen molar-refractivity contribution in [2.24, 2.45) is 10.9 Å². The van der Waals surface area contributed by atoms with E-state index in [1.165, 1.54) is 12.3 Å². The summed E-state index contributed by atoms with van der Waals surface area (Å²) in [7, 11) is 0. The van der Waals surface area contributed by atoms with Crippen LogP contribution in [-0.4, -0.2) is 29.3 Å². The first kappa shape index (κ1) is 19.1. The van der Waals surface area contributed by atoms with Gasteiger partial charge in [-0.15, -0.1) is 0 Å². The standard InChI is InChI=1S/C21H21NO4/c1-15(2)20(21(24)25)22-14-17-8-11-18(12-9-17)26-19(23)13-10-16-6-4-3-5-7-16/h3-15,20H,1-2H3,(H,24,25)/b13-10?,22-14+. The van der Waals surface area contributed by atoms with Crippen LogP contribution in [0.15, 0.2) is 65.7 Å². The number of benzene rings is 2. The molecule has 1 atom stereocenters. The van der Waals surface area contributed by atoms with Gasteiger partial charge in [-0.3, -0.25) is 4.99 Å². The summed E-state index contributed by atoms with van der Waals surface area (Å²) in [5.41, 5.74) is 1.64. The minimum Gasteiger partial charge on any atom is -0.480 e. The predicted molar refractivity (Wildman–Crippen MR) is 101 cm³/mol. The molecule has 1 unspecified atom stereocenters. The van der Waals surface area contributed by atoms with Crippen LogP contribution in [-0.2, 0) is 9.59 Å². The molecule has 0 bridgehead atoms. The van der Waals surface area contributed by atoms with Crippen LogP contribution in [0.3, 0.4) is 0 Å². The highest BCUT2D eigenvalue weighted by atomic mass is 16.5. The number of aliphatic imine (C=N–C) groups is 1. The summed E-state index contributed by atoms with van der Waals surface area (Å²) in [5.74, 6) is -1.11. The number of carbonyl (C=O) groups excluding carboxylic acids is 1. The predicted octanol–water partition coefficient (Wildman–Crippen LogP) is 3.83. The molecule has 0 aliphatic carbocycles. The Morgan fingerprint density at radius 1 is 1.00 bits per heavy atom. The van der Waals surface area contributed by atoms with Crippen LogP contribution in [0.5, 0.6) is 5.75 Å². The summed E-state index contributed by atoms with van der Waals surface area (Å²) in [4.78, 5) is 27.1. The van der Waals surface area contributed by atoms with Crippen LogP contribution >= 0.6 is 0 Å². The van der Waals surface area contributed by atoms with E-state index in [0.717, 1.165) is 11.1 Å². The number of aliphatic carboxylic acids is 1. The quantitative estimate of drug-likeness (QED) is 0.356. The molecular weight excluding hydrogens is 330 g/mol. The van der Waals surface area contributed by atoms with Gasteiger partial charge in [0.15, 0.2) is 0 Å². The van der Waals surface area contributed by atoms with Crippen LogP contribution in [0, 0.1) is 5.92 Å². The molecular formula is C21H21NO4. The molecule has 0 saturated carbocycles. The Morgan fingerprint density at radius 3 is 2.23 bits per heavy atom. The second kappa shape index (κ2) is 9.32. The lowest BCUT2D eigenvalue weighted by molar-refractivity contribution is -0.139. The Hall–Kier alpha value is -3.21. The Bertz CT molecular complexity index is 793. The smallest absolute Gasteiger partial charge is 0.336 e. The first-order chi connectivity index (χ1) is 12.5. The molecule has 0 amide bonds. The van der Waals surface area contributed by atoms with E-state index in [9.17, 15) is 9.59 Å². The molecule has 0 aromatic heterocycles. The van der Waals surface area contributed by atoms with Crippen molar-refractivity contribution in [3.05, 3.63) is 71.8 Å². The normalized spacial score (nSPS) is 12.6. The van der Waals surface area contributed by atoms with E-state index >= 15 is 0 Å². The lowest BCUT2D eigenvalue weighted by Crippen LogP contribution is -2.24. The maximum atomic E-state index is 11.8. The van der Waals surface area contributed by atoms with Gasteiger partial charge in [-0.25, -0.2) is 9.59 Å². The molecule has 0 spiro atoms. The van der Waals surface area contributed by atoms with Crippen molar-refractivity contribution in [3.8, 4) is 5.75 Å². The molecule has 0 saturated heterocycles. The zero-order valence-corrected chi connectivity index (χ0v) is 14.7. The Labute approximate surface area is 152 Å². The number of carbonyl (C=O) groups is 2. The third kappa shape index (κ3) is 6.02. The zero-order valence-electron chi connectivity index (χ0n) is 14.7. The van der Waals surface area contributed by atoms with E-state index in [-0.39, 0.29) is 5.92 Å². The molecule has 26 heavy (non-hydrogen) atoms. The third-order valence-electron chi connectivity index (χ3n) is 3.58. The summed E-state index contributed by atoms with van der Waals surface area (Å²) < 4.78 is 5.23. The number of nitrogens with zero attached hydrogens (tertiary/aromatic N) is 1. The summed E-state index contributed by atoms with van der Waals surface area (Å²) in [6, 6.07) is 15.4. The highest BCUT2D eigenvalue weighted by Gasteiger charge is 2.19. The van der Waals surface area contributed by atoms with E-state index in [4.69, 9.17) is 9.84 Å². The number of esters is 1. The van der Waals surface area contributed by atoms with Crippen LogP contribution in [0.25, 0.3) is 6.08 Å². The van der Waals surface area contributed by atoms with Crippen LogP contribution in [0.2, 0.25) is 0 Å². The van der Waals surface area contributed by atoms with E-state index < -0.39 is 18.0 Å². The third-order valence-corrected chi connectivity index (χ3v) is 3.58. The van der Waals surface area contributed by atoms with E-state index in [0.29, 0.717) is 5.75 Å². The molecule has 0 aliphatic rings. The van der Waals surface area contributed by atoms with Gasteiger partial charge in [-0.05, 0) is 47.4 Å². The van der Waals surface area contributed by atoms with Gasteiger partial charge in [-0.1, -0.05) is 44.2 Å². The molecule has 2 aromatic rings. The highest BCUT2D eigenvalue weighted by molar-refractivity contribution is 5.89. The van der Waals surface area contributed by atoms with Crippen molar-refractivity contribution in [1.82, 2.24) is 0 Å². The number of ether oxygens (including phenoxy) is 1. The first-order valence-corrected chi connectivity index (χ1v) is 8.26. The Kier molecular flexibility index (Phi) is 6.85. The average molecular weight is 351 g/mol. The van der Waals surface area contributed by atoms with E-state index in [2.05, 4.69) is 4.99 Å². The molecule has 0 heterocycles. The lowest BCUT2D eigenvalue weighted by atomic mass is 10.1. The summed E-state index contributed by atoms with van der Waals surface area (Å²) >= 11 is 0. The van der Waals surface area contributed by atoms with Crippen LogP contribution < -0.4 is 4.74 Å². The number of carboxylic acid groups (broad SMARTS) is 1. The number of carboxylic acids is 1. The van der Waals surface area contributed by atoms with Gasteiger partial charge in [0, 0.05) is 12.3 Å². The molecule has 5 heteroatoms. The minimum absolute atomic E-state index is 0.0969. The second-order valence-corrected chi connectivity index (χ2v) is 6.04. The van der Waals surface area contributed by atoms with Gasteiger partial charge in [0.05, 0.1) is 0 Å². The SMILES string of the molecule is CC(C)C(/N=C/c1ccc(OC(=O)C=Cc2ccccc2)cc1)C(=O)O. The first-order valence-electron chi connectivity index (χ1n) is 8.26. The maximum Gasteiger partial charge on any atom is 0.336 e. The lowest BCUT2D eigenvalue weighted by Gasteiger charge is -2.10. The molecule has 2 rings (SSSR count). The monoisotopic (exact) mass is 351 g/mol. The summed E-state index contributed by atoms with van der Waals surface area (Å²) in [6.07, 6.45) is 4.56. The number of hydrogen-bond acceptors (Lipinski definition) is 4. The fraction of sp³-hybridized carbons (Fsp3) is 0.190. The van der Waals surface area contributed by atoms with Crippen molar-refractivity contribution >= 4 is 24.2 Å². The van der Waals surface area contributed by atoms with Gasteiger partial charge in [0.1, 0.15) is 11.8 Å². The zero-order chi connectivity index (χ0) is 18.9. The largest absolute Gasteiger partial charge is 0.480 e. The molecule has 0 aliphatic heterocycles. The van der Waals surface area contributed by atoms with Crippen molar-refractivity contribution in [3.63, 3.8) is 0 Å². The van der Waals surface area contributed by atoms with E-state index in [1.54, 1.807) is 30.3 Å². The van der Waals surface area contributed by atoms with Crippen molar-refractivity contribution in [2.45, 2.75) is 19.9 Å². The topological polar surface area (TPSA) is 76.0 Å². The van der Waals surface area contributed by atoms with E-state index in [1.807, 2.05) is 44.2 Å². The molecule has 2 aromatic carbocycles. The molecule has 1 N–H and O–H groups in total. The van der Waals surface area contributed by atoms with Crippen molar-refractivity contribution in [1.29, 1.82) is 0 Å². The minimum atomic E-state index is -0.952. The van der Waals surface area contributed by atoms with Gasteiger partial charge in [-0.2, -0.15) is 0 Å². The Balaban J connectivity index is 1.95. The van der Waals surface area contributed by atoms with Crippen LogP contribution in [0.4, 0.5) is 0 Å².